The first-order valence-electron chi connectivity index (χ1n) is 3.38. The number of pyridine rings is 1. The average Bonchev–Trinajstić information content (AvgIpc) is 2.16. The van der Waals surface area contributed by atoms with Gasteiger partial charge in [-0.3, -0.25) is 4.98 Å². The van der Waals surface area contributed by atoms with Crippen LogP contribution < -0.4 is 0 Å². The predicted octanol–water partition coefficient (Wildman–Crippen LogP) is 2.32. The molecule has 60 valence electrons. The van der Waals surface area contributed by atoms with Gasteiger partial charge in [0.1, 0.15) is 6.07 Å². The van der Waals surface area contributed by atoms with Crippen molar-refractivity contribution in [3.8, 4) is 6.07 Å². The second-order valence-corrected chi connectivity index (χ2v) is 2.94. The molecule has 0 bridgehead atoms. The van der Waals surface area contributed by atoms with Crippen LogP contribution in [0.1, 0.15) is 11.1 Å². The second-order valence-electron chi connectivity index (χ2n) is 2.13. The van der Waals surface area contributed by atoms with Gasteiger partial charge in [0.15, 0.2) is 0 Å². The Labute approximate surface area is 75.9 Å². The molecule has 0 saturated heterocycles. The van der Waals surface area contributed by atoms with Gasteiger partial charge in [0.05, 0.1) is 5.56 Å². The van der Waals surface area contributed by atoms with Crippen molar-refractivity contribution in [2.45, 2.75) is 4.90 Å². The lowest BCUT2D eigenvalue weighted by molar-refractivity contribution is 1.21. The van der Waals surface area contributed by atoms with Crippen LogP contribution in [0.15, 0.2) is 23.9 Å². The average molecular weight is 176 g/mol. The highest BCUT2D eigenvalue weighted by atomic mass is 32.2. The third-order valence-electron chi connectivity index (χ3n) is 1.47. The SMILES string of the molecule is C=Cc1cncc(C#N)c1SC. The molecule has 1 rings (SSSR count). The van der Waals surface area contributed by atoms with Crippen LogP contribution in [0, 0.1) is 11.3 Å². The van der Waals surface area contributed by atoms with Crippen LogP contribution in [0.25, 0.3) is 6.08 Å². The lowest BCUT2D eigenvalue weighted by Gasteiger charge is -2.02. The van der Waals surface area contributed by atoms with E-state index in [4.69, 9.17) is 5.26 Å². The largest absolute Gasteiger partial charge is 0.263 e. The molecule has 0 N–H and O–H groups in total. The van der Waals surface area contributed by atoms with Crippen LogP contribution in [-0.4, -0.2) is 11.2 Å². The number of nitriles is 1. The molecule has 0 unspecified atom stereocenters. The quantitative estimate of drug-likeness (QED) is 0.649. The first-order chi connectivity index (χ1) is 5.83. The first kappa shape index (κ1) is 8.82. The van der Waals surface area contributed by atoms with Gasteiger partial charge in [0.25, 0.3) is 0 Å². The molecule has 0 aliphatic rings. The Kier molecular flexibility index (Phi) is 2.89. The van der Waals surface area contributed by atoms with E-state index in [9.17, 15) is 0 Å². The van der Waals surface area contributed by atoms with E-state index in [1.54, 1.807) is 18.5 Å². The molecule has 0 fully saturated rings. The van der Waals surface area contributed by atoms with Gasteiger partial charge in [-0.25, -0.2) is 0 Å². The molecule has 0 aliphatic carbocycles. The van der Waals surface area contributed by atoms with Gasteiger partial charge < -0.3 is 0 Å². The van der Waals surface area contributed by atoms with E-state index in [-0.39, 0.29) is 0 Å². The molecular formula is C9H8N2S. The van der Waals surface area contributed by atoms with Crippen LogP contribution in [-0.2, 0) is 0 Å². The number of nitrogens with zero attached hydrogens (tertiary/aromatic N) is 2. The molecule has 1 heterocycles. The van der Waals surface area contributed by atoms with E-state index in [2.05, 4.69) is 17.6 Å². The van der Waals surface area contributed by atoms with Crippen LogP contribution in [0.4, 0.5) is 0 Å². The molecule has 1 aromatic heterocycles. The summed E-state index contributed by atoms with van der Waals surface area (Å²) < 4.78 is 0. The number of aromatic nitrogens is 1. The van der Waals surface area contributed by atoms with Crippen molar-refractivity contribution in [2.75, 3.05) is 6.26 Å². The maximum Gasteiger partial charge on any atom is 0.102 e. The summed E-state index contributed by atoms with van der Waals surface area (Å²) in [6, 6.07) is 2.09. The Morgan fingerprint density at radius 2 is 2.42 bits per heavy atom. The van der Waals surface area contributed by atoms with Crippen LogP contribution in [0.2, 0.25) is 0 Å². The summed E-state index contributed by atoms with van der Waals surface area (Å²) in [5.41, 5.74) is 1.53. The maximum absolute atomic E-state index is 8.73. The molecule has 12 heavy (non-hydrogen) atoms. The van der Waals surface area contributed by atoms with Crippen molar-refractivity contribution in [1.82, 2.24) is 4.98 Å². The van der Waals surface area contributed by atoms with E-state index < -0.39 is 0 Å². The second kappa shape index (κ2) is 3.93. The van der Waals surface area contributed by atoms with Gasteiger partial charge in [0.2, 0.25) is 0 Å². The van der Waals surface area contributed by atoms with Crippen molar-refractivity contribution in [3.63, 3.8) is 0 Å². The molecule has 3 heteroatoms. The minimum Gasteiger partial charge on any atom is -0.263 e. The standard InChI is InChI=1S/C9H8N2S/c1-3-7-5-11-6-8(4-10)9(7)12-2/h3,5-6H,1H2,2H3. The summed E-state index contributed by atoms with van der Waals surface area (Å²) >= 11 is 1.54. The zero-order valence-electron chi connectivity index (χ0n) is 6.74. The summed E-state index contributed by atoms with van der Waals surface area (Å²) in [7, 11) is 0. The van der Waals surface area contributed by atoms with Crippen LogP contribution in [0.3, 0.4) is 0 Å². The molecule has 0 aliphatic heterocycles. The minimum atomic E-state index is 0.611. The van der Waals surface area contributed by atoms with E-state index in [0.29, 0.717) is 5.56 Å². The van der Waals surface area contributed by atoms with Crippen LogP contribution >= 0.6 is 11.8 Å². The Morgan fingerprint density at radius 1 is 1.67 bits per heavy atom. The van der Waals surface area contributed by atoms with Crippen molar-refractivity contribution in [1.29, 1.82) is 5.26 Å². The fourth-order valence-corrected chi connectivity index (χ4v) is 1.61. The number of hydrogen-bond acceptors (Lipinski definition) is 3. The van der Waals surface area contributed by atoms with Crippen molar-refractivity contribution < 1.29 is 0 Å². The summed E-state index contributed by atoms with van der Waals surface area (Å²) in [6.45, 7) is 3.65. The number of rotatable bonds is 2. The number of thioether (sulfide) groups is 1. The van der Waals surface area contributed by atoms with Gasteiger partial charge in [-0.05, 0) is 6.26 Å². The van der Waals surface area contributed by atoms with Crippen molar-refractivity contribution in [2.24, 2.45) is 0 Å². The molecule has 0 saturated carbocycles. The zero-order chi connectivity index (χ0) is 8.97. The highest BCUT2D eigenvalue weighted by Gasteiger charge is 2.04. The zero-order valence-corrected chi connectivity index (χ0v) is 7.56. The third kappa shape index (κ3) is 1.49. The van der Waals surface area contributed by atoms with Crippen molar-refractivity contribution in [3.05, 3.63) is 30.1 Å². The fraction of sp³-hybridized carbons (Fsp3) is 0.111. The molecule has 0 aromatic carbocycles. The normalized spacial score (nSPS) is 9.00. The number of hydrogen-bond donors (Lipinski definition) is 0. The maximum atomic E-state index is 8.73. The van der Waals surface area contributed by atoms with Crippen molar-refractivity contribution >= 4 is 17.8 Å². The summed E-state index contributed by atoms with van der Waals surface area (Å²) in [6.07, 6.45) is 6.92. The van der Waals surface area contributed by atoms with Gasteiger partial charge in [-0.2, -0.15) is 5.26 Å². The van der Waals surface area contributed by atoms with Gasteiger partial charge >= 0.3 is 0 Å². The monoisotopic (exact) mass is 176 g/mol. The van der Waals surface area contributed by atoms with E-state index in [0.717, 1.165) is 10.5 Å². The Balaban J connectivity index is 3.34. The Morgan fingerprint density at radius 3 is 2.92 bits per heavy atom. The fourth-order valence-electron chi connectivity index (χ4n) is 0.918. The Bertz CT molecular complexity index is 339. The predicted molar refractivity (Wildman–Crippen MR) is 50.8 cm³/mol. The highest BCUT2D eigenvalue weighted by Crippen LogP contribution is 2.23. The molecule has 1 aromatic rings. The van der Waals surface area contributed by atoms with E-state index >= 15 is 0 Å². The first-order valence-corrected chi connectivity index (χ1v) is 4.60. The summed E-state index contributed by atoms with van der Waals surface area (Å²) in [5.74, 6) is 0. The molecule has 0 atom stereocenters. The van der Waals surface area contributed by atoms with Crippen LogP contribution in [0.5, 0.6) is 0 Å². The van der Waals surface area contributed by atoms with Gasteiger partial charge in [-0.15, -0.1) is 11.8 Å². The smallest absolute Gasteiger partial charge is 0.102 e. The molecule has 2 nitrogen and oxygen atoms in total. The summed E-state index contributed by atoms with van der Waals surface area (Å²) in [4.78, 5) is 4.87. The molecule has 0 radical (unpaired) electrons. The lowest BCUT2D eigenvalue weighted by atomic mass is 10.2. The topological polar surface area (TPSA) is 36.7 Å². The third-order valence-corrected chi connectivity index (χ3v) is 2.33. The van der Waals surface area contributed by atoms with E-state index in [1.165, 1.54) is 11.8 Å². The highest BCUT2D eigenvalue weighted by molar-refractivity contribution is 7.98. The van der Waals surface area contributed by atoms with Gasteiger partial charge in [-0.1, -0.05) is 12.7 Å². The summed E-state index contributed by atoms with van der Waals surface area (Å²) in [5, 5.41) is 8.73. The molecule has 0 spiro atoms. The molecular weight excluding hydrogens is 168 g/mol. The van der Waals surface area contributed by atoms with E-state index in [1.807, 2.05) is 6.26 Å². The minimum absolute atomic E-state index is 0.611. The Hall–Kier alpha value is -1.27. The lowest BCUT2D eigenvalue weighted by Crippen LogP contribution is -1.87. The van der Waals surface area contributed by atoms with Gasteiger partial charge in [0, 0.05) is 22.9 Å². The molecule has 0 amide bonds.